The number of benzene rings is 1. The SMILES string of the molecule is C[C@@H](C(=O)NCCc1ccc(F)cc1)[NH+](C)CC(=O)NC1CC1. The summed E-state index contributed by atoms with van der Waals surface area (Å²) in [6.07, 6.45) is 2.77. The molecule has 3 N–H and O–H groups in total. The lowest BCUT2D eigenvalue weighted by atomic mass is 10.1. The van der Waals surface area contributed by atoms with E-state index in [2.05, 4.69) is 10.6 Å². The van der Waals surface area contributed by atoms with E-state index in [0.717, 1.165) is 23.3 Å². The van der Waals surface area contributed by atoms with Gasteiger partial charge in [0.2, 0.25) is 0 Å². The van der Waals surface area contributed by atoms with E-state index < -0.39 is 0 Å². The topological polar surface area (TPSA) is 62.6 Å². The predicted octanol–water partition coefficient (Wildman–Crippen LogP) is -0.334. The number of likely N-dealkylation sites (N-methyl/N-ethyl adjacent to an activating group) is 1. The highest BCUT2D eigenvalue weighted by Crippen LogP contribution is 2.17. The van der Waals surface area contributed by atoms with Crippen molar-refractivity contribution >= 4 is 11.8 Å². The Hall–Kier alpha value is -1.95. The van der Waals surface area contributed by atoms with Crippen molar-refractivity contribution in [1.29, 1.82) is 0 Å². The Labute approximate surface area is 136 Å². The van der Waals surface area contributed by atoms with Gasteiger partial charge in [-0.25, -0.2) is 4.39 Å². The average molecular weight is 322 g/mol. The number of nitrogens with one attached hydrogen (secondary N) is 3. The number of halogens is 1. The largest absolute Gasteiger partial charge is 0.351 e. The molecule has 1 aromatic rings. The Morgan fingerprint density at radius 3 is 2.57 bits per heavy atom. The van der Waals surface area contributed by atoms with Crippen LogP contribution in [0.1, 0.15) is 25.3 Å². The number of hydrogen-bond acceptors (Lipinski definition) is 2. The summed E-state index contributed by atoms with van der Waals surface area (Å²) in [5.74, 6) is -0.346. The second kappa shape index (κ2) is 8.06. The number of quaternary nitrogens is 1. The van der Waals surface area contributed by atoms with Gasteiger partial charge in [-0.1, -0.05) is 12.1 Å². The van der Waals surface area contributed by atoms with Gasteiger partial charge in [-0.15, -0.1) is 0 Å². The lowest BCUT2D eigenvalue weighted by Gasteiger charge is -2.20. The van der Waals surface area contributed by atoms with Crippen LogP contribution < -0.4 is 15.5 Å². The molecule has 0 radical (unpaired) electrons. The maximum absolute atomic E-state index is 12.8. The predicted molar refractivity (Wildman–Crippen MR) is 85.5 cm³/mol. The molecule has 1 aliphatic carbocycles. The van der Waals surface area contributed by atoms with E-state index in [1.807, 2.05) is 14.0 Å². The van der Waals surface area contributed by atoms with Crippen molar-refractivity contribution in [2.24, 2.45) is 0 Å². The third-order valence-electron chi connectivity index (χ3n) is 4.14. The van der Waals surface area contributed by atoms with Crippen molar-refractivity contribution in [1.82, 2.24) is 10.6 Å². The van der Waals surface area contributed by atoms with Gasteiger partial charge in [0.05, 0.1) is 7.05 Å². The molecule has 5 nitrogen and oxygen atoms in total. The summed E-state index contributed by atoms with van der Waals surface area (Å²) in [4.78, 5) is 24.7. The summed E-state index contributed by atoms with van der Waals surface area (Å²) in [5.41, 5.74) is 0.976. The molecular formula is C17H25FN3O2+. The van der Waals surface area contributed by atoms with Gasteiger partial charge < -0.3 is 15.5 Å². The minimum Gasteiger partial charge on any atom is -0.351 e. The molecule has 0 spiro atoms. The monoisotopic (exact) mass is 322 g/mol. The van der Waals surface area contributed by atoms with Crippen LogP contribution in [0.5, 0.6) is 0 Å². The molecule has 2 atom stereocenters. The maximum atomic E-state index is 12.8. The molecule has 1 aliphatic rings. The Bertz CT molecular complexity index is 543. The van der Waals surface area contributed by atoms with E-state index in [-0.39, 0.29) is 23.7 Å². The van der Waals surface area contributed by atoms with E-state index in [4.69, 9.17) is 0 Å². The first kappa shape index (κ1) is 17.4. The van der Waals surface area contributed by atoms with Crippen molar-refractivity contribution in [2.45, 2.75) is 38.3 Å². The van der Waals surface area contributed by atoms with Crippen molar-refractivity contribution in [3.63, 3.8) is 0 Å². The van der Waals surface area contributed by atoms with E-state index in [0.29, 0.717) is 25.6 Å². The maximum Gasteiger partial charge on any atom is 0.278 e. The van der Waals surface area contributed by atoms with Crippen molar-refractivity contribution in [3.8, 4) is 0 Å². The van der Waals surface area contributed by atoms with Gasteiger partial charge in [0.1, 0.15) is 5.82 Å². The molecule has 1 unspecified atom stereocenters. The number of rotatable bonds is 8. The number of carbonyl (C=O) groups is 2. The smallest absolute Gasteiger partial charge is 0.278 e. The van der Waals surface area contributed by atoms with Gasteiger partial charge in [0.25, 0.3) is 11.8 Å². The van der Waals surface area contributed by atoms with Crippen LogP contribution in [0, 0.1) is 5.82 Å². The first-order valence-corrected chi connectivity index (χ1v) is 8.09. The third kappa shape index (κ3) is 5.98. The zero-order valence-electron chi connectivity index (χ0n) is 13.7. The van der Waals surface area contributed by atoms with E-state index in [1.165, 1.54) is 12.1 Å². The van der Waals surface area contributed by atoms with Crippen LogP contribution in [0.25, 0.3) is 0 Å². The molecule has 1 saturated carbocycles. The van der Waals surface area contributed by atoms with E-state index in [9.17, 15) is 14.0 Å². The summed E-state index contributed by atoms with van der Waals surface area (Å²) in [7, 11) is 1.84. The first-order chi connectivity index (χ1) is 11.0. The molecule has 0 saturated heterocycles. The van der Waals surface area contributed by atoms with Crippen molar-refractivity contribution in [3.05, 3.63) is 35.6 Å². The van der Waals surface area contributed by atoms with Gasteiger partial charge in [-0.05, 0) is 43.9 Å². The molecule has 2 amide bonds. The number of hydrogen-bond donors (Lipinski definition) is 3. The summed E-state index contributed by atoms with van der Waals surface area (Å²) < 4.78 is 12.8. The lowest BCUT2D eigenvalue weighted by Crippen LogP contribution is -3.15. The van der Waals surface area contributed by atoms with Crippen LogP contribution >= 0.6 is 0 Å². The van der Waals surface area contributed by atoms with Crippen LogP contribution in [-0.2, 0) is 16.0 Å². The highest BCUT2D eigenvalue weighted by molar-refractivity contribution is 5.81. The minimum absolute atomic E-state index is 0.00374. The summed E-state index contributed by atoms with van der Waals surface area (Å²) in [6, 6.07) is 6.30. The standard InChI is InChI=1S/C17H24FN3O2/c1-12(21(2)11-16(22)20-15-7-8-15)17(23)19-10-9-13-3-5-14(18)6-4-13/h3-6,12,15H,7-11H2,1-2H3,(H,19,23)(H,20,22)/p+1/t12-/m0/s1. The molecule has 23 heavy (non-hydrogen) atoms. The molecule has 1 fully saturated rings. The Balaban J connectivity index is 1.68. The van der Waals surface area contributed by atoms with Crippen molar-refractivity contribution in [2.75, 3.05) is 20.1 Å². The zero-order chi connectivity index (χ0) is 16.8. The van der Waals surface area contributed by atoms with Gasteiger partial charge in [-0.3, -0.25) is 9.59 Å². The van der Waals surface area contributed by atoms with Gasteiger partial charge >= 0.3 is 0 Å². The van der Waals surface area contributed by atoms with E-state index in [1.54, 1.807) is 12.1 Å². The fourth-order valence-electron chi connectivity index (χ4n) is 2.27. The molecule has 6 heteroatoms. The minimum atomic E-state index is -0.298. The van der Waals surface area contributed by atoms with Crippen molar-refractivity contribution < 1.29 is 18.9 Å². The number of amides is 2. The van der Waals surface area contributed by atoms with Gasteiger partial charge in [0, 0.05) is 12.6 Å². The second-order valence-corrected chi connectivity index (χ2v) is 6.25. The Kier molecular flexibility index (Phi) is 6.10. The quantitative estimate of drug-likeness (QED) is 0.613. The average Bonchev–Trinajstić information content (AvgIpc) is 3.32. The molecule has 2 rings (SSSR count). The molecule has 0 aliphatic heterocycles. The fraction of sp³-hybridized carbons (Fsp3) is 0.529. The second-order valence-electron chi connectivity index (χ2n) is 6.25. The molecule has 1 aromatic carbocycles. The Morgan fingerprint density at radius 2 is 1.96 bits per heavy atom. The molecule has 126 valence electrons. The van der Waals surface area contributed by atoms with Crippen LogP contribution in [0.3, 0.4) is 0 Å². The summed E-state index contributed by atoms with van der Waals surface area (Å²) in [6.45, 7) is 2.60. The highest BCUT2D eigenvalue weighted by Gasteiger charge is 2.27. The zero-order valence-corrected chi connectivity index (χ0v) is 13.7. The Morgan fingerprint density at radius 1 is 1.30 bits per heavy atom. The van der Waals surface area contributed by atoms with Gasteiger partial charge in [0.15, 0.2) is 12.6 Å². The summed E-state index contributed by atoms with van der Waals surface area (Å²) in [5, 5.41) is 5.79. The third-order valence-corrected chi connectivity index (χ3v) is 4.14. The van der Waals surface area contributed by atoms with Crippen LogP contribution in [-0.4, -0.2) is 44.0 Å². The molecular weight excluding hydrogens is 297 g/mol. The molecule has 0 bridgehead atoms. The van der Waals surface area contributed by atoms with Crippen LogP contribution in [0.15, 0.2) is 24.3 Å². The highest BCUT2D eigenvalue weighted by atomic mass is 19.1. The van der Waals surface area contributed by atoms with Gasteiger partial charge in [-0.2, -0.15) is 0 Å². The number of carbonyl (C=O) groups excluding carboxylic acids is 2. The molecule has 0 aromatic heterocycles. The fourth-order valence-corrected chi connectivity index (χ4v) is 2.27. The van der Waals surface area contributed by atoms with E-state index >= 15 is 0 Å². The van der Waals surface area contributed by atoms with Crippen LogP contribution in [0.2, 0.25) is 0 Å². The summed E-state index contributed by atoms with van der Waals surface area (Å²) >= 11 is 0. The molecule has 0 heterocycles. The van der Waals surface area contributed by atoms with Crippen LogP contribution in [0.4, 0.5) is 4.39 Å². The lowest BCUT2D eigenvalue weighted by molar-refractivity contribution is -0.886. The normalized spacial score (nSPS) is 16.5. The first-order valence-electron chi connectivity index (χ1n) is 8.09.